The molecule has 5 nitrogen and oxygen atoms in total. The number of hydrogen-bond donors (Lipinski definition) is 0. The van der Waals surface area contributed by atoms with E-state index in [2.05, 4.69) is 16.9 Å². The maximum atomic E-state index is 11.9. The van der Waals surface area contributed by atoms with Gasteiger partial charge in [-0.2, -0.15) is 0 Å². The van der Waals surface area contributed by atoms with Crippen LogP contribution in [0.1, 0.15) is 41.0 Å². The van der Waals surface area contributed by atoms with Crippen molar-refractivity contribution < 1.29 is 9.53 Å². The van der Waals surface area contributed by atoms with E-state index in [0.29, 0.717) is 12.2 Å². The molecule has 2 aromatic rings. The Morgan fingerprint density at radius 3 is 2.91 bits per heavy atom. The highest BCUT2D eigenvalue weighted by molar-refractivity contribution is 7.13. The van der Waals surface area contributed by atoms with Crippen molar-refractivity contribution in [3.05, 3.63) is 41.2 Å². The van der Waals surface area contributed by atoms with Crippen LogP contribution in [0.15, 0.2) is 24.2 Å². The van der Waals surface area contributed by atoms with Crippen LogP contribution in [0.4, 0.5) is 5.13 Å². The Morgan fingerprint density at radius 2 is 2.22 bits per heavy atom. The Hall–Kier alpha value is -2.08. The molecule has 0 N–H and O–H groups in total. The Labute approximate surface area is 140 Å². The lowest BCUT2D eigenvalue weighted by molar-refractivity contribution is 0.0589. The number of aromatic nitrogens is 2. The lowest BCUT2D eigenvalue weighted by atomic mass is 10.1. The van der Waals surface area contributed by atoms with Crippen LogP contribution in [0, 0.1) is 0 Å². The van der Waals surface area contributed by atoms with Gasteiger partial charge < -0.3 is 14.2 Å². The van der Waals surface area contributed by atoms with E-state index in [4.69, 9.17) is 9.72 Å². The molecule has 1 aliphatic rings. The van der Waals surface area contributed by atoms with Gasteiger partial charge in [0, 0.05) is 24.7 Å². The molecular formula is C17H21N3O2S. The Bertz CT molecular complexity index is 699. The molecule has 1 aliphatic heterocycles. The average molecular weight is 331 g/mol. The van der Waals surface area contributed by atoms with Crippen molar-refractivity contribution in [2.45, 2.75) is 25.8 Å². The number of nitrogens with zero attached hydrogens (tertiary/aromatic N) is 3. The molecule has 0 unspecified atom stereocenters. The van der Waals surface area contributed by atoms with Crippen molar-refractivity contribution in [1.82, 2.24) is 9.55 Å². The lowest BCUT2D eigenvalue weighted by Crippen LogP contribution is -2.29. The summed E-state index contributed by atoms with van der Waals surface area (Å²) in [5.41, 5.74) is 2.39. The number of methoxy groups -OCH3 is 1. The predicted octanol–water partition coefficient (Wildman–Crippen LogP) is 3.41. The minimum Gasteiger partial charge on any atom is -0.464 e. The van der Waals surface area contributed by atoms with Crippen molar-refractivity contribution in [3.8, 4) is 0 Å². The predicted molar refractivity (Wildman–Crippen MR) is 93.1 cm³/mol. The summed E-state index contributed by atoms with van der Waals surface area (Å²) in [6.45, 7) is 6.49. The van der Waals surface area contributed by atoms with Gasteiger partial charge in [-0.25, -0.2) is 9.78 Å². The summed E-state index contributed by atoms with van der Waals surface area (Å²) in [7, 11) is 1.39. The molecule has 0 aromatic carbocycles. The molecular weight excluding hydrogens is 310 g/mol. The van der Waals surface area contributed by atoms with Gasteiger partial charge in [0.1, 0.15) is 5.69 Å². The maximum Gasteiger partial charge on any atom is 0.354 e. The zero-order valence-corrected chi connectivity index (χ0v) is 14.1. The second-order valence-electron chi connectivity index (χ2n) is 5.65. The molecule has 0 spiro atoms. The number of carbonyl (C=O) groups is 1. The normalized spacial score (nSPS) is 14.7. The van der Waals surface area contributed by atoms with Crippen LogP contribution in [0.2, 0.25) is 0 Å². The summed E-state index contributed by atoms with van der Waals surface area (Å²) in [6.07, 6.45) is 7.41. The third-order valence-corrected chi connectivity index (χ3v) is 5.00. The number of carbonyl (C=O) groups excluding carboxylic acids is 1. The number of piperidine rings is 1. The fourth-order valence-electron chi connectivity index (χ4n) is 2.82. The van der Waals surface area contributed by atoms with Gasteiger partial charge in [-0.15, -0.1) is 11.3 Å². The van der Waals surface area contributed by atoms with Crippen LogP contribution < -0.4 is 4.90 Å². The van der Waals surface area contributed by atoms with Gasteiger partial charge >= 0.3 is 5.97 Å². The van der Waals surface area contributed by atoms with Crippen molar-refractivity contribution in [3.63, 3.8) is 0 Å². The highest BCUT2D eigenvalue weighted by atomic mass is 32.1. The summed E-state index contributed by atoms with van der Waals surface area (Å²) >= 11 is 1.67. The SMILES string of the molecule is C=Cc1cc(C(=O)OC)n(Cc2csc(N3CCCCC3)n2)c1. The summed E-state index contributed by atoms with van der Waals surface area (Å²) in [5, 5.41) is 3.15. The van der Waals surface area contributed by atoms with Gasteiger partial charge in [0.2, 0.25) is 0 Å². The summed E-state index contributed by atoms with van der Waals surface area (Å²) < 4.78 is 6.73. The van der Waals surface area contributed by atoms with Crippen molar-refractivity contribution in [2.75, 3.05) is 25.1 Å². The highest BCUT2D eigenvalue weighted by Gasteiger charge is 2.17. The van der Waals surface area contributed by atoms with E-state index in [0.717, 1.165) is 29.5 Å². The van der Waals surface area contributed by atoms with Crippen molar-refractivity contribution in [2.24, 2.45) is 0 Å². The molecule has 0 aliphatic carbocycles. The standard InChI is InChI=1S/C17H21N3O2S/c1-3-13-9-15(16(21)22-2)20(10-13)11-14-12-23-17(18-14)19-7-5-4-6-8-19/h3,9-10,12H,1,4-8,11H2,2H3. The quantitative estimate of drug-likeness (QED) is 0.788. The molecule has 1 saturated heterocycles. The molecule has 23 heavy (non-hydrogen) atoms. The van der Waals surface area contributed by atoms with E-state index in [1.807, 2.05) is 10.8 Å². The molecule has 0 saturated carbocycles. The Balaban J connectivity index is 1.79. The van der Waals surface area contributed by atoms with E-state index in [-0.39, 0.29) is 5.97 Å². The molecule has 1 fully saturated rings. The van der Waals surface area contributed by atoms with Crippen LogP contribution in [0.3, 0.4) is 0 Å². The van der Waals surface area contributed by atoms with Gasteiger partial charge in [-0.05, 0) is 30.9 Å². The Morgan fingerprint density at radius 1 is 1.43 bits per heavy atom. The second kappa shape index (κ2) is 7.00. The first-order valence-corrected chi connectivity index (χ1v) is 8.69. The summed E-state index contributed by atoms with van der Waals surface area (Å²) in [6, 6.07) is 1.79. The van der Waals surface area contributed by atoms with Crippen molar-refractivity contribution in [1.29, 1.82) is 0 Å². The zero-order chi connectivity index (χ0) is 16.2. The molecule has 3 rings (SSSR count). The molecule has 0 atom stereocenters. The molecule has 6 heteroatoms. The topological polar surface area (TPSA) is 47.4 Å². The molecule has 0 bridgehead atoms. The van der Waals surface area contributed by atoms with Gasteiger partial charge in [0.15, 0.2) is 5.13 Å². The highest BCUT2D eigenvalue weighted by Crippen LogP contribution is 2.25. The van der Waals surface area contributed by atoms with Crippen LogP contribution in [0.5, 0.6) is 0 Å². The minimum absolute atomic E-state index is 0.343. The van der Waals surface area contributed by atoms with Gasteiger partial charge in [-0.1, -0.05) is 12.7 Å². The zero-order valence-electron chi connectivity index (χ0n) is 13.3. The number of esters is 1. The van der Waals surface area contributed by atoms with Crippen LogP contribution in [-0.4, -0.2) is 35.7 Å². The number of hydrogen-bond acceptors (Lipinski definition) is 5. The van der Waals surface area contributed by atoms with Crippen LogP contribution >= 0.6 is 11.3 Å². The van der Waals surface area contributed by atoms with E-state index >= 15 is 0 Å². The smallest absolute Gasteiger partial charge is 0.354 e. The first-order chi connectivity index (χ1) is 11.2. The molecule has 3 heterocycles. The van der Waals surface area contributed by atoms with E-state index in [1.54, 1.807) is 23.5 Å². The minimum atomic E-state index is -0.343. The lowest BCUT2D eigenvalue weighted by Gasteiger charge is -2.25. The van der Waals surface area contributed by atoms with E-state index < -0.39 is 0 Å². The first-order valence-electron chi connectivity index (χ1n) is 7.81. The number of anilines is 1. The number of ether oxygens (including phenoxy) is 1. The van der Waals surface area contributed by atoms with Gasteiger partial charge in [0.25, 0.3) is 0 Å². The monoisotopic (exact) mass is 331 g/mol. The van der Waals surface area contributed by atoms with Crippen LogP contribution in [0.25, 0.3) is 6.08 Å². The largest absolute Gasteiger partial charge is 0.464 e. The molecule has 0 amide bonds. The second-order valence-corrected chi connectivity index (χ2v) is 6.49. The molecule has 2 aromatic heterocycles. The third kappa shape index (κ3) is 3.47. The summed E-state index contributed by atoms with van der Waals surface area (Å²) in [5.74, 6) is -0.343. The van der Waals surface area contributed by atoms with Gasteiger partial charge in [0.05, 0.1) is 19.3 Å². The van der Waals surface area contributed by atoms with E-state index in [9.17, 15) is 4.79 Å². The molecule has 0 radical (unpaired) electrons. The number of rotatable bonds is 5. The average Bonchev–Trinajstić information content (AvgIpc) is 3.22. The van der Waals surface area contributed by atoms with Crippen molar-refractivity contribution >= 4 is 28.5 Å². The van der Waals surface area contributed by atoms with Crippen LogP contribution in [-0.2, 0) is 11.3 Å². The fourth-order valence-corrected chi connectivity index (χ4v) is 3.69. The third-order valence-electron chi connectivity index (χ3n) is 4.05. The first kappa shape index (κ1) is 15.8. The maximum absolute atomic E-state index is 11.9. The van der Waals surface area contributed by atoms with Gasteiger partial charge in [-0.3, -0.25) is 0 Å². The Kier molecular flexibility index (Phi) is 4.81. The van der Waals surface area contributed by atoms with E-state index in [1.165, 1.54) is 26.4 Å². The summed E-state index contributed by atoms with van der Waals surface area (Å²) in [4.78, 5) is 19.0. The molecule has 122 valence electrons. The fraction of sp³-hybridized carbons (Fsp3) is 0.412. The number of thiazole rings is 1.